The maximum atomic E-state index is 6.04. The molecule has 0 spiro atoms. The van der Waals surface area contributed by atoms with Crippen LogP contribution < -0.4 is 5.32 Å². The van der Waals surface area contributed by atoms with E-state index in [1.54, 1.807) is 6.26 Å². The number of nitrogens with one attached hydrogen (secondary N) is 1. The molecule has 0 amide bonds. The molecular weight excluding hydrogens is 214 g/mol. The van der Waals surface area contributed by atoms with Crippen LogP contribution in [0.1, 0.15) is 43.9 Å². The standard InChI is InChI=1S/C14H23NO2/c1-11-5-3-4-6-13(11)17-10-12-7-8-16-14(12)9-15-2/h7-8,11,13,15H,3-6,9-10H2,1-2H3. The zero-order chi connectivity index (χ0) is 12.1. The maximum absolute atomic E-state index is 6.04. The van der Waals surface area contributed by atoms with E-state index in [1.165, 1.54) is 31.2 Å². The largest absolute Gasteiger partial charge is 0.468 e. The summed E-state index contributed by atoms with van der Waals surface area (Å²) in [4.78, 5) is 0. The van der Waals surface area contributed by atoms with E-state index in [-0.39, 0.29) is 0 Å². The minimum absolute atomic E-state index is 0.432. The lowest BCUT2D eigenvalue weighted by atomic mass is 9.88. The highest BCUT2D eigenvalue weighted by Crippen LogP contribution is 2.27. The van der Waals surface area contributed by atoms with Crippen LogP contribution in [0.15, 0.2) is 16.7 Å². The first-order valence-corrected chi connectivity index (χ1v) is 6.62. The van der Waals surface area contributed by atoms with Crippen LogP contribution in [-0.4, -0.2) is 13.2 Å². The lowest BCUT2D eigenvalue weighted by Gasteiger charge is -2.28. The molecule has 0 saturated heterocycles. The Morgan fingerprint density at radius 2 is 2.24 bits per heavy atom. The van der Waals surface area contributed by atoms with Crippen LogP contribution in [0, 0.1) is 5.92 Å². The van der Waals surface area contributed by atoms with E-state index in [1.807, 2.05) is 13.1 Å². The average molecular weight is 237 g/mol. The zero-order valence-electron chi connectivity index (χ0n) is 10.9. The fourth-order valence-corrected chi connectivity index (χ4v) is 2.54. The summed E-state index contributed by atoms with van der Waals surface area (Å²) in [7, 11) is 1.93. The van der Waals surface area contributed by atoms with Crippen molar-refractivity contribution in [2.75, 3.05) is 7.05 Å². The number of ether oxygens (including phenoxy) is 1. The summed E-state index contributed by atoms with van der Waals surface area (Å²) in [5.74, 6) is 1.69. The van der Waals surface area contributed by atoms with Crippen molar-refractivity contribution in [3.63, 3.8) is 0 Å². The van der Waals surface area contributed by atoms with Crippen molar-refractivity contribution in [2.45, 2.75) is 51.9 Å². The quantitative estimate of drug-likeness (QED) is 0.854. The summed E-state index contributed by atoms with van der Waals surface area (Å²) < 4.78 is 11.5. The third-order valence-electron chi connectivity index (χ3n) is 3.66. The van der Waals surface area contributed by atoms with Crippen molar-refractivity contribution in [1.82, 2.24) is 5.32 Å². The molecule has 3 nitrogen and oxygen atoms in total. The van der Waals surface area contributed by atoms with Crippen LogP contribution in [0.3, 0.4) is 0 Å². The predicted molar refractivity (Wildman–Crippen MR) is 67.7 cm³/mol. The van der Waals surface area contributed by atoms with Gasteiger partial charge in [0.1, 0.15) is 5.76 Å². The van der Waals surface area contributed by atoms with Gasteiger partial charge in [-0.15, -0.1) is 0 Å². The molecule has 96 valence electrons. The monoisotopic (exact) mass is 237 g/mol. The summed E-state index contributed by atoms with van der Waals surface area (Å²) >= 11 is 0. The smallest absolute Gasteiger partial charge is 0.123 e. The van der Waals surface area contributed by atoms with Crippen LogP contribution in [0.4, 0.5) is 0 Å². The molecule has 1 heterocycles. The molecule has 0 bridgehead atoms. The Morgan fingerprint density at radius 3 is 3.00 bits per heavy atom. The van der Waals surface area contributed by atoms with Gasteiger partial charge < -0.3 is 14.5 Å². The fourth-order valence-electron chi connectivity index (χ4n) is 2.54. The minimum Gasteiger partial charge on any atom is -0.468 e. The Kier molecular flexibility index (Phi) is 4.63. The fraction of sp³-hybridized carbons (Fsp3) is 0.714. The molecule has 0 aliphatic heterocycles. The summed E-state index contributed by atoms with van der Waals surface area (Å²) in [6.45, 7) is 3.75. The third-order valence-corrected chi connectivity index (χ3v) is 3.66. The molecule has 1 N–H and O–H groups in total. The Hall–Kier alpha value is -0.800. The second-order valence-electron chi connectivity index (χ2n) is 5.01. The predicted octanol–water partition coefficient (Wildman–Crippen LogP) is 3.09. The van der Waals surface area contributed by atoms with Gasteiger partial charge in [0.2, 0.25) is 0 Å². The molecule has 1 aliphatic carbocycles. The van der Waals surface area contributed by atoms with E-state index in [2.05, 4.69) is 12.2 Å². The first-order chi connectivity index (χ1) is 8.31. The molecule has 1 aromatic heterocycles. The van der Waals surface area contributed by atoms with Crippen LogP contribution in [0.2, 0.25) is 0 Å². The van der Waals surface area contributed by atoms with Gasteiger partial charge in [-0.2, -0.15) is 0 Å². The topological polar surface area (TPSA) is 34.4 Å². The first kappa shape index (κ1) is 12.7. The van der Waals surface area contributed by atoms with Crippen molar-refractivity contribution in [3.8, 4) is 0 Å². The highest BCUT2D eigenvalue weighted by molar-refractivity contribution is 5.15. The van der Waals surface area contributed by atoms with E-state index in [4.69, 9.17) is 9.15 Å². The van der Waals surface area contributed by atoms with Gasteiger partial charge in [-0.25, -0.2) is 0 Å². The molecule has 2 atom stereocenters. The average Bonchev–Trinajstić information content (AvgIpc) is 2.76. The molecule has 17 heavy (non-hydrogen) atoms. The number of hydrogen-bond donors (Lipinski definition) is 1. The van der Waals surface area contributed by atoms with Crippen LogP contribution >= 0.6 is 0 Å². The molecule has 1 fully saturated rings. The van der Waals surface area contributed by atoms with E-state index in [0.717, 1.165) is 12.3 Å². The zero-order valence-corrected chi connectivity index (χ0v) is 10.9. The molecular formula is C14H23NO2. The maximum Gasteiger partial charge on any atom is 0.123 e. The van der Waals surface area contributed by atoms with Gasteiger partial charge in [-0.1, -0.05) is 19.8 Å². The van der Waals surface area contributed by atoms with Gasteiger partial charge >= 0.3 is 0 Å². The van der Waals surface area contributed by atoms with Gasteiger partial charge in [0.25, 0.3) is 0 Å². The molecule has 2 unspecified atom stereocenters. The second kappa shape index (κ2) is 6.22. The summed E-state index contributed by atoms with van der Waals surface area (Å²) in [5, 5.41) is 3.11. The number of rotatable bonds is 5. The molecule has 0 radical (unpaired) electrons. The van der Waals surface area contributed by atoms with Gasteiger partial charge in [0.05, 0.1) is 25.5 Å². The van der Waals surface area contributed by atoms with Crippen LogP contribution in [0.25, 0.3) is 0 Å². The SMILES string of the molecule is CNCc1occc1COC1CCCCC1C. The normalized spacial score (nSPS) is 25.1. The highest BCUT2D eigenvalue weighted by Gasteiger charge is 2.22. The first-order valence-electron chi connectivity index (χ1n) is 6.62. The minimum atomic E-state index is 0.432. The molecule has 0 aromatic carbocycles. The Labute approximate surface area is 104 Å². The summed E-state index contributed by atoms with van der Waals surface area (Å²) in [6.07, 6.45) is 7.36. The summed E-state index contributed by atoms with van der Waals surface area (Å²) in [5.41, 5.74) is 1.18. The second-order valence-corrected chi connectivity index (χ2v) is 5.01. The molecule has 3 heteroatoms. The van der Waals surface area contributed by atoms with Crippen molar-refractivity contribution in [3.05, 3.63) is 23.7 Å². The van der Waals surface area contributed by atoms with Crippen LogP contribution in [-0.2, 0) is 17.9 Å². The third kappa shape index (κ3) is 3.33. The Bertz CT molecular complexity index is 335. The van der Waals surface area contributed by atoms with E-state index < -0.39 is 0 Å². The van der Waals surface area contributed by atoms with Crippen LogP contribution in [0.5, 0.6) is 0 Å². The van der Waals surface area contributed by atoms with E-state index in [0.29, 0.717) is 18.6 Å². The van der Waals surface area contributed by atoms with Crippen molar-refractivity contribution in [2.24, 2.45) is 5.92 Å². The van der Waals surface area contributed by atoms with Gasteiger partial charge in [0.15, 0.2) is 0 Å². The van der Waals surface area contributed by atoms with Gasteiger partial charge in [0, 0.05) is 5.56 Å². The highest BCUT2D eigenvalue weighted by atomic mass is 16.5. The summed E-state index contributed by atoms with van der Waals surface area (Å²) in [6, 6.07) is 2.01. The van der Waals surface area contributed by atoms with E-state index >= 15 is 0 Å². The lowest BCUT2D eigenvalue weighted by Crippen LogP contribution is -2.25. The van der Waals surface area contributed by atoms with Crippen molar-refractivity contribution >= 4 is 0 Å². The molecule has 1 saturated carbocycles. The number of furan rings is 1. The molecule has 2 rings (SSSR count). The van der Waals surface area contributed by atoms with E-state index in [9.17, 15) is 0 Å². The van der Waals surface area contributed by atoms with Crippen molar-refractivity contribution < 1.29 is 9.15 Å². The Balaban J connectivity index is 1.86. The van der Waals surface area contributed by atoms with Crippen molar-refractivity contribution in [1.29, 1.82) is 0 Å². The van der Waals surface area contributed by atoms with Gasteiger partial charge in [-0.05, 0) is 31.9 Å². The van der Waals surface area contributed by atoms with Gasteiger partial charge in [-0.3, -0.25) is 0 Å². The molecule has 1 aromatic rings. The molecule has 1 aliphatic rings. The lowest BCUT2D eigenvalue weighted by molar-refractivity contribution is -0.0159. The number of hydrogen-bond acceptors (Lipinski definition) is 3. The Morgan fingerprint density at radius 1 is 1.41 bits per heavy atom.